The molecule has 0 amide bonds. The van der Waals surface area contributed by atoms with Crippen LogP contribution >= 0.6 is 0 Å². The third kappa shape index (κ3) is 2.71. The van der Waals surface area contributed by atoms with E-state index < -0.39 is 0 Å². The number of methoxy groups -OCH3 is 1. The van der Waals surface area contributed by atoms with Crippen molar-refractivity contribution in [2.45, 2.75) is 6.54 Å². The van der Waals surface area contributed by atoms with Crippen LogP contribution in [-0.4, -0.2) is 12.2 Å². The highest BCUT2D eigenvalue weighted by Gasteiger charge is 2.03. The van der Waals surface area contributed by atoms with Crippen LogP contribution in [0.4, 0.5) is 10.1 Å². The maximum Gasteiger partial charge on any atom is 0.160 e. The number of benzene rings is 2. The maximum absolute atomic E-state index is 13.4. The number of para-hydroxylation sites is 1. The lowest BCUT2D eigenvalue weighted by atomic mass is 10.2. The third-order valence-corrected chi connectivity index (χ3v) is 2.60. The molecule has 2 N–H and O–H groups in total. The van der Waals surface area contributed by atoms with Crippen LogP contribution < -0.4 is 10.1 Å². The summed E-state index contributed by atoms with van der Waals surface area (Å²) in [6.45, 7) is 0.429. The molecule has 0 saturated carbocycles. The number of halogens is 1. The Hall–Kier alpha value is -2.23. The Morgan fingerprint density at radius 1 is 1.22 bits per heavy atom. The minimum Gasteiger partial charge on any atom is -0.504 e. The van der Waals surface area contributed by atoms with E-state index in [9.17, 15) is 9.50 Å². The average Bonchev–Trinajstić information content (AvgIpc) is 2.38. The van der Waals surface area contributed by atoms with Crippen molar-refractivity contribution in [1.29, 1.82) is 0 Å². The quantitative estimate of drug-likeness (QED) is 0.872. The first kappa shape index (κ1) is 12.2. The Morgan fingerprint density at radius 2 is 2.00 bits per heavy atom. The molecule has 18 heavy (non-hydrogen) atoms. The molecule has 0 radical (unpaired) electrons. The highest BCUT2D eigenvalue weighted by atomic mass is 19.1. The minimum absolute atomic E-state index is 0.0744. The van der Waals surface area contributed by atoms with Crippen molar-refractivity contribution < 1.29 is 14.2 Å². The molecule has 2 rings (SSSR count). The topological polar surface area (TPSA) is 41.5 Å². The summed E-state index contributed by atoms with van der Waals surface area (Å²) in [6, 6.07) is 11.5. The molecular formula is C14H14FNO2. The lowest BCUT2D eigenvalue weighted by molar-refractivity contribution is 0.373. The number of rotatable bonds is 4. The summed E-state index contributed by atoms with van der Waals surface area (Å²) >= 11 is 0. The predicted molar refractivity (Wildman–Crippen MR) is 68.4 cm³/mol. The number of hydrogen-bond donors (Lipinski definition) is 2. The molecule has 0 heterocycles. The molecule has 4 heteroatoms. The van der Waals surface area contributed by atoms with Crippen molar-refractivity contribution in [3.63, 3.8) is 0 Å². The molecule has 0 aromatic heterocycles. The van der Waals surface area contributed by atoms with Crippen LogP contribution in [0.15, 0.2) is 42.5 Å². The number of hydrogen-bond acceptors (Lipinski definition) is 3. The highest BCUT2D eigenvalue weighted by molar-refractivity contribution is 5.47. The van der Waals surface area contributed by atoms with Crippen molar-refractivity contribution >= 4 is 5.69 Å². The van der Waals surface area contributed by atoms with Crippen molar-refractivity contribution in [1.82, 2.24) is 0 Å². The molecule has 2 aromatic rings. The summed E-state index contributed by atoms with van der Waals surface area (Å²) in [6.07, 6.45) is 0. The summed E-state index contributed by atoms with van der Waals surface area (Å²) in [4.78, 5) is 0. The molecule has 0 aliphatic heterocycles. The zero-order valence-electron chi connectivity index (χ0n) is 9.98. The Labute approximate surface area is 105 Å². The summed E-state index contributed by atoms with van der Waals surface area (Å²) in [5.74, 6) is 0.199. The van der Waals surface area contributed by atoms with Gasteiger partial charge in [0.1, 0.15) is 5.82 Å². The Morgan fingerprint density at radius 3 is 2.67 bits per heavy atom. The van der Waals surface area contributed by atoms with E-state index in [4.69, 9.17) is 4.74 Å². The Bertz CT molecular complexity index is 543. The number of phenolic OH excluding ortho intramolecular Hbond substituents is 1. The second-order valence-electron chi connectivity index (χ2n) is 3.84. The van der Waals surface area contributed by atoms with Gasteiger partial charge in [-0.15, -0.1) is 0 Å². The van der Waals surface area contributed by atoms with E-state index in [0.29, 0.717) is 18.0 Å². The molecule has 0 unspecified atom stereocenters. The molecular weight excluding hydrogens is 233 g/mol. The Balaban J connectivity index is 2.07. The largest absolute Gasteiger partial charge is 0.504 e. The van der Waals surface area contributed by atoms with Crippen LogP contribution in [0.2, 0.25) is 0 Å². The standard InChI is InChI=1S/C14H14FNO2/c1-18-14-7-6-10(8-13(14)17)9-16-12-5-3-2-4-11(12)15/h2-8,16-17H,9H2,1H3. The van der Waals surface area contributed by atoms with Gasteiger partial charge in [-0.25, -0.2) is 4.39 Å². The van der Waals surface area contributed by atoms with E-state index in [1.165, 1.54) is 13.2 Å². The van der Waals surface area contributed by atoms with Crippen molar-refractivity contribution in [2.75, 3.05) is 12.4 Å². The van der Waals surface area contributed by atoms with E-state index in [2.05, 4.69) is 5.32 Å². The van der Waals surface area contributed by atoms with Crippen LogP contribution in [0.1, 0.15) is 5.56 Å². The zero-order valence-corrected chi connectivity index (χ0v) is 9.98. The lowest BCUT2D eigenvalue weighted by Gasteiger charge is -2.09. The van der Waals surface area contributed by atoms with Crippen LogP contribution in [-0.2, 0) is 6.54 Å². The summed E-state index contributed by atoms with van der Waals surface area (Å²) < 4.78 is 18.3. The van der Waals surface area contributed by atoms with Crippen molar-refractivity contribution in [3.8, 4) is 11.5 Å². The van der Waals surface area contributed by atoms with Gasteiger partial charge in [0.2, 0.25) is 0 Å². The fourth-order valence-corrected chi connectivity index (χ4v) is 1.65. The fraction of sp³-hybridized carbons (Fsp3) is 0.143. The molecule has 0 aliphatic carbocycles. The fourth-order valence-electron chi connectivity index (χ4n) is 1.65. The first-order valence-corrected chi connectivity index (χ1v) is 5.55. The highest BCUT2D eigenvalue weighted by Crippen LogP contribution is 2.26. The van der Waals surface area contributed by atoms with Crippen LogP contribution in [0, 0.1) is 5.82 Å². The number of anilines is 1. The van der Waals surface area contributed by atoms with Crippen molar-refractivity contribution in [2.24, 2.45) is 0 Å². The Kier molecular flexibility index (Phi) is 3.67. The van der Waals surface area contributed by atoms with Gasteiger partial charge in [0.25, 0.3) is 0 Å². The first-order chi connectivity index (χ1) is 8.70. The normalized spacial score (nSPS) is 10.1. The second kappa shape index (κ2) is 5.40. The first-order valence-electron chi connectivity index (χ1n) is 5.55. The molecule has 0 fully saturated rings. The number of ether oxygens (including phenoxy) is 1. The van der Waals surface area contributed by atoms with Gasteiger partial charge in [-0.1, -0.05) is 18.2 Å². The number of phenols is 1. The van der Waals surface area contributed by atoms with Crippen LogP contribution in [0.5, 0.6) is 11.5 Å². The molecule has 0 saturated heterocycles. The monoisotopic (exact) mass is 247 g/mol. The van der Waals surface area contributed by atoms with Gasteiger partial charge >= 0.3 is 0 Å². The molecule has 0 bridgehead atoms. The van der Waals surface area contributed by atoms with E-state index in [0.717, 1.165) is 5.56 Å². The number of aromatic hydroxyl groups is 1. The van der Waals surface area contributed by atoms with E-state index >= 15 is 0 Å². The summed E-state index contributed by atoms with van der Waals surface area (Å²) in [7, 11) is 1.49. The lowest BCUT2D eigenvalue weighted by Crippen LogP contribution is -2.01. The van der Waals surface area contributed by atoms with Gasteiger partial charge in [-0.3, -0.25) is 0 Å². The number of nitrogens with one attached hydrogen (secondary N) is 1. The average molecular weight is 247 g/mol. The zero-order chi connectivity index (χ0) is 13.0. The third-order valence-electron chi connectivity index (χ3n) is 2.60. The van der Waals surface area contributed by atoms with Gasteiger partial charge in [-0.2, -0.15) is 0 Å². The molecule has 0 aliphatic rings. The van der Waals surface area contributed by atoms with Gasteiger partial charge in [0.05, 0.1) is 12.8 Å². The SMILES string of the molecule is COc1ccc(CNc2ccccc2F)cc1O. The van der Waals surface area contributed by atoms with Crippen molar-refractivity contribution in [3.05, 3.63) is 53.8 Å². The molecule has 0 atom stereocenters. The van der Waals surface area contributed by atoms with Crippen LogP contribution in [0.3, 0.4) is 0 Å². The summed E-state index contributed by atoms with van der Waals surface area (Å²) in [5.41, 5.74) is 1.28. The van der Waals surface area contributed by atoms with Gasteiger partial charge in [0, 0.05) is 6.54 Å². The smallest absolute Gasteiger partial charge is 0.160 e. The van der Waals surface area contributed by atoms with E-state index in [1.54, 1.807) is 30.3 Å². The van der Waals surface area contributed by atoms with Crippen LogP contribution in [0.25, 0.3) is 0 Å². The second-order valence-corrected chi connectivity index (χ2v) is 3.84. The van der Waals surface area contributed by atoms with Gasteiger partial charge < -0.3 is 15.2 Å². The summed E-state index contributed by atoms with van der Waals surface area (Å²) in [5, 5.41) is 12.6. The van der Waals surface area contributed by atoms with E-state index in [1.807, 2.05) is 6.07 Å². The van der Waals surface area contributed by atoms with Gasteiger partial charge in [0.15, 0.2) is 11.5 Å². The minimum atomic E-state index is -0.296. The predicted octanol–water partition coefficient (Wildman–Crippen LogP) is 3.15. The van der Waals surface area contributed by atoms with E-state index in [-0.39, 0.29) is 11.6 Å². The molecule has 0 spiro atoms. The maximum atomic E-state index is 13.4. The van der Waals surface area contributed by atoms with Gasteiger partial charge in [-0.05, 0) is 29.8 Å². The molecule has 2 aromatic carbocycles. The molecule has 94 valence electrons. The molecule has 3 nitrogen and oxygen atoms in total.